The van der Waals surface area contributed by atoms with Crippen LogP contribution in [-0.4, -0.2) is 11.1 Å². The molecule has 0 atom stereocenters. The number of rotatable bonds is 3. The molecule has 0 spiro atoms. The van der Waals surface area contributed by atoms with Crippen molar-refractivity contribution in [3.8, 4) is 0 Å². The van der Waals surface area contributed by atoms with Crippen molar-refractivity contribution in [3.05, 3.63) is 70.7 Å². The van der Waals surface area contributed by atoms with Crippen LogP contribution in [-0.2, 0) is 10.2 Å². The average molecular weight is 287 g/mol. The predicted molar refractivity (Wildman–Crippen MR) is 79.2 cm³/mol. The van der Waals surface area contributed by atoms with Crippen molar-refractivity contribution in [3.63, 3.8) is 0 Å². The van der Waals surface area contributed by atoms with E-state index in [0.29, 0.717) is 23.8 Å². The maximum atomic E-state index is 11.7. The summed E-state index contributed by atoms with van der Waals surface area (Å²) in [6.07, 6.45) is 1.29. The van der Waals surface area contributed by atoms with Crippen molar-refractivity contribution in [2.75, 3.05) is 0 Å². The molecular formula is C17H15ClO2. The molecule has 0 amide bonds. The molecule has 1 saturated carbocycles. The number of benzene rings is 2. The quantitative estimate of drug-likeness (QED) is 0.916. The minimum absolute atomic E-state index is 0.322. The molecule has 0 heterocycles. The predicted octanol–water partition coefficient (Wildman–Crippen LogP) is 4.24. The molecule has 2 aromatic rings. The van der Waals surface area contributed by atoms with Crippen LogP contribution in [0.15, 0.2) is 54.6 Å². The van der Waals surface area contributed by atoms with Crippen molar-refractivity contribution in [2.24, 2.45) is 0 Å². The SMILES string of the molecule is O=C(O)C1(c2ccc(Cl)cc2)CC(c2ccccc2)C1. The van der Waals surface area contributed by atoms with Gasteiger partial charge in [-0.15, -0.1) is 0 Å². The third kappa shape index (κ3) is 2.10. The van der Waals surface area contributed by atoms with Gasteiger partial charge in [0.15, 0.2) is 0 Å². The minimum Gasteiger partial charge on any atom is -0.481 e. The average Bonchev–Trinajstić information content (AvgIpc) is 2.40. The van der Waals surface area contributed by atoms with Crippen LogP contribution in [0.4, 0.5) is 0 Å². The number of halogens is 1. The summed E-state index contributed by atoms with van der Waals surface area (Å²) in [7, 11) is 0. The molecule has 20 heavy (non-hydrogen) atoms. The van der Waals surface area contributed by atoms with E-state index in [4.69, 9.17) is 11.6 Å². The molecule has 0 radical (unpaired) electrons. The van der Waals surface area contributed by atoms with Gasteiger partial charge in [-0.2, -0.15) is 0 Å². The maximum Gasteiger partial charge on any atom is 0.314 e. The lowest BCUT2D eigenvalue weighted by Crippen LogP contribution is -2.46. The van der Waals surface area contributed by atoms with E-state index in [-0.39, 0.29) is 0 Å². The zero-order chi connectivity index (χ0) is 14.2. The van der Waals surface area contributed by atoms with E-state index in [1.54, 1.807) is 12.1 Å². The minimum atomic E-state index is -0.759. The molecule has 1 aliphatic carbocycles. The highest BCUT2D eigenvalue weighted by Crippen LogP contribution is 2.52. The molecule has 0 bridgehead atoms. The van der Waals surface area contributed by atoms with Crippen LogP contribution < -0.4 is 0 Å². The first-order valence-electron chi connectivity index (χ1n) is 6.66. The van der Waals surface area contributed by atoms with Gasteiger partial charge < -0.3 is 5.11 Å². The van der Waals surface area contributed by atoms with Crippen molar-refractivity contribution in [1.82, 2.24) is 0 Å². The van der Waals surface area contributed by atoms with E-state index < -0.39 is 11.4 Å². The molecule has 1 aliphatic rings. The van der Waals surface area contributed by atoms with Crippen LogP contribution in [0.1, 0.15) is 29.9 Å². The van der Waals surface area contributed by atoms with Gasteiger partial charge in [0.25, 0.3) is 0 Å². The summed E-state index contributed by atoms with van der Waals surface area (Å²) in [5.74, 6) is -0.421. The smallest absolute Gasteiger partial charge is 0.314 e. The molecule has 3 heteroatoms. The molecule has 0 unspecified atom stereocenters. The van der Waals surface area contributed by atoms with Crippen LogP contribution in [0, 0.1) is 0 Å². The van der Waals surface area contributed by atoms with Crippen molar-refractivity contribution in [2.45, 2.75) is 24.2 Å². The Morgan fingerprint density at radius 2 is 1.65 bits per heavy atom. The summed E-state index contributed by atoms with van der Waals surface area (Å²) in [6, 6.07) is 17.3. The Hall–Kier alpha value is -1.80. The number of hydrogen-bond acceptors (Lipinski definition) is 1. The second-order valence-electron chi connectivity index (χ2n) is 5.41. The second kappa shape index (κ2) is 4.95. The topological polar surface area (TPSA) is 37.3 Å². The standard InChI is InChI=1S/C17H15ClO2/c18-15-8-6-14(7-9-15)17(16(19)20)10-13(11-17)12-4-2-1-3-5-12/h1-9,13H,10-11H2,(H,19,20). The normalized spacial score (nSPS) is 24.9. The van der Waals surface area contributed by atoms with Crippen molar-refractivity contribution < 1.29 is 9.90 Å². The Morgan fingerprint density at radius 1 is 1.05 bits per heavy atom. The Bertz CT molecular complexity index is 613. The Kier molecular flexibility index (Phi) is 3.27. The molecule has 1 N–H and O–H groups in total. The summed E-state index contributed by atoms with van der Waals surface area (Å²) >= 11 is 5.88. The van der Waals surface area contributed by atoms with E-state index in [1.165, 1.54) is 5.56 Å². The van der Waals surface area contributed by atoms with E-state index in [2.05, 4.69) is 12.1 Å². The van der Waals surface area contributed by atoms with E-state index in [1.807, 2.05) is 30.3 Å². The third-order valence-corrected chi connectivity index (χ3v) is 4.52. The lowest BCUT2D eigenvalue weighted by Gasteiger charge is -2.45. The van der Waals surface area contributed by atoms with E-state index in [0.717, 1.165) is 5.56 Å². The van der Waals surface area contributed by atoms with E-state index >= 15 is 0 Å². The van der Waals surface area contributed by atoms with Gasteiger partial charge in [-0.25, -0.2) is 0 Å². The zero-order valence-corrected chi connectivity index (χ0v) is 11.7. The van der Waals surface area contributed by atoms with E-state index in [9.17, 15) is 9.90 Å². The monoisotopic (exact) mass is 286 g/mol. The summed E-state index contributed by atoms with van der Waals surface area (Å²) in [5, 5.41) is 10.3. The summed E-state index contributed by atoms with van der Waals surface area (Å²) < 4.78 is 0. The van der Waals surface area contributed by atoms with Crippen LogP contribution >= 0.6 is 11.6 Å². The molecule has 2 nitrogen and oxygen atoms in total. The molecule has 1 fully saturated rings. The second-order valence-corrected chi connectivity index (χ2v) is 5.85. The van der Waals surface area contributed by atoms with Gasteiger partial charge in [-0.05, 0) is 42.0 Å². The highest BCUT2D eigenvalue weighted by atomic mass is 35.5. The van der Waals surface area contributed by atoms with Gasteiger partial charge in [-0.3, -0.25) is 4.79 Å². The van der Waals surface area contributed by atoms with Crippen LogP contribution in [0.5, 0.6) is 0 Å². The highest BCUT2D eigenvalue weighted by Gasteiger charge is 2.51. The van der Waals surface area contributed by atoms with Gasteiger partial charge >= 0.3 is 5.97 Å². The molecule has 0 aromatic heterocycles. The zero-order valence-electron chi connectivity index (χ0n) is 10.9. The first-order chi connectivity index (χ1) is 9.62. The first-order valence-corrected chi connectivity index (χ1v) is 7.04. The highest BCUT2D eigenvalue weighted by molar-refractivity contribution is 6.30. The fourth-order valence-electron chi connectivity index (χ4n) is 3.05. The number of carboxylic acids is 1. The molecule has 2 aromatic carbocycles. The molecular weight excluding hydrogens is 272 g/mol. The Labute approximate surface area is 123 Å². The fraction of sp³-hybridized carbons (Fsp3) is 0.235. The third-order valence-electron chi connectivity index (χ3n) is 4.27. The molecule has 0 aliphatic heterocycles. The van der Waals surface area contributed by atoms with Gasteiger partial charge in [0.2, 0.25) is 0 Å². The van der Waals surface area contributed by atoms with Gasteiger partial charge in [0.1, 0.15) is 0 Å². The Morgan fingerprint density at radius 3 is 2.20 bits per heavy atom. The first kappa shape index (κ1) is 13.2. The molecule has 0 saturated heterocycles. The summed E-state index contributed by atoms with van der Waals surface area (Å²) in [5.41, 5.74) is 1.31. The van der Waals surface area contributed by atoms with Crippen molar-refractivity contribution >= 4 is 17.6 Å². The lowest BCUT2D eigenvalue weighted by atomic mass is 9.57. The van der Waals surface area contributed by atoms with Gasteiger partial charge in [0.05, 0.1) is 5.41 Å². The largest absolute Gasteiger partial charge is 0.481 e. The summed E-state index contributed by atoms with van der Waals surface area (Å²) in [4.78, 5) is 11.7. The number of aliphatic carboxylic acids is 1. The van der Waals surface area contributed by atoms with Gasteiger partial charge in [-0.1, -0.05) is 54.1 Å². The maximum absolute atomic E-state index is 11.7. The Balaban J connectivity index is 1.87. The lowest BCUT2D eigenvalue weighted by molar-refractivity contribution is -0.148. The fourth-order valence-corrected chi connectivity index (χ4v) is 3.17. The molecule has 102 valence electrons. The number of carboxylic acid groups (broad SMARTS) is 1. The van der Waals surface area contributed by atoms with Crippen LogP contribution in [0.25, 0.3) is 0 Å². The number of carbonyl (C=O) groups is 1. The van der Waals surface area contributed by atoms with Crippen LogP contribution in [0.2, 0.25) is 5.02 Å². The molecule has 3 rings (SSSR count). The van der Waals surface area contributed by atoms with Crippen molar-refractivity contribution in [1.29, 1.82) is 0 Å². The number of hydrogen-bond donors (Lipinski definition) is 1. The summed E-state index contributed by atoms with van der Waals surface area (Å²) in [6.45, 7) is 0. The van der Waals surface area contributed by atoms with Gasteiger partial charge in [0, 0.05) is 5.02 Å². The van der Waals surface area contributed by atoms with Crippen LogP contribution in [0.3, 0.4) is 0 Å².